The maximum atomic E-state index is 12.5. The summed E-state index contributed by atoms with van der Waals surface area (Å²) in [5.74, 6) is 0.165. The van der Waals surface area contributed by atoms with E-state index in [1.54, 1.807) is 16.0 Å². The minimum Gasteiger partial charge on any atom is -0.442 e. The van der Waals surface area contributed by atoms with Gasteiger partial charge in [0, 0.05) is 31.8 Å². The quantitative estimate of drug-likeness (QED) is 0.547. The molecule has 0 radical (unpaired) electrons. The standard InChI is InChI=1S/C25H23N5O4/c1-14(32)27-10-22-21-8-17-7-15(3-5-20(17)30(21)24(33)34-22)16-4-6-23(28-9-16)25(26-2)18-11-29(13-31)12-19(18)25/h3-7,9,13,18-19,21-22H,8,10-12H2,1H3,(H,27,32)/t18-,19+,21-,22-,25-/m0/s1. The first kappa shape index (κ1) is 20.7. The molecule has 9 nitrogen and oxygen atoms in total. The second-order valence-electron chi connectivity index (χ2n) is 9.49. The normalized spacial score (nSPS) is 30.2. The average molecular weight is 457 g/mol. The molecular formula is C25H23N5O4. The van der Waals surface area contributed by atoms with Gasteiger partial charge in [-0.1, -0.05) is 12.1 Å². The van der Waals surface area contributed by atoms with E-state index in [2.05, 4.69) is 21.2 Å². The van der Waals surface area contributed by atoms with Crippen molar-refractivity contribution in [2.75, 3.05) is 24.5 Å². The van der Waals surface area contributed by atoms with E-state index in [0.29, 0.717) is 26.1 Å². The zero-order chi connectivity index (χ0) is 23.6. The van der Waals surface area contributed by atoms with Gasteiger partial charge in [0.2, 0.25) is 12.3 Å². The molecule has 4 aliphatic rings. The molecule has 6 rings (SSSR count). The summed E-state index contributed by atoms with van der Waals surface area (Å²) < 4.78 is 5.47. The Labute approximate surface area is 196 Å². The van der Waals surface area contributed by atoms with Crippen molar-refractivity contribution in [3.05, 3.63) is 59.2 Å². The van der Waals surface area contributed by atoms with Crippen LogP contribution in [0.1, 0.15) is 18.2 Å². The van der Waals surface area contributed by atoms with Gasteiger partial charge >= 0.3 is 6.09 Å². The molecule has 1 aliphatic carbocycles. The summed E-state index contributed by atoms with van der Waals surface area (Å²) in [5.41, 5.74) is 3.99. The fourth-order valence-electron chi connectivity index (χ4n) is 6.00. The Morgan fingerprint density at radius 1 is 1.29 bits per heavy atom. The number of anilines is 1. The Morgan fingerprint density at radius 3 is 2.71 bits per heavy atom. The Bertz CT molecular complexity index is 1240. The summed E-state index contributed by atoms with van der Waals surface area (Å²) in [6.45, 7) is 10.8. The number of nitrogens with one attached hydrogen (secondary N) is 1. The number of hydrogen-bond donors (Lipinski definition) is 1. The molecule has 3 fully saturated rings. The van der Waals surface area contributed by atoms with Crippen molar-refractivity contribution in [3.63, 3.8) is 0 Å². The number of rotatable bonds is 5. The third kappa shape index (κ3) is 2.84. The highest BCUT2D eigenvalue weighted by molar-refractivity contribution is 5.94. The summed E-state index contributed by atoms with van der Waals surface area (Å²) in [6, 6.07) is 9.76. The largest absolute Gasteiger partial charge is 0.442 e. The van der Waals surface area contributed by atoms with Crippen LogP contribution in [-0.4, -0.2) is 60.1 Å². The van der Waals surface area contributed by atoms with Crippen molar-refractivity contribution < 1.29 is 19.1 Å². The molecule has 0 bridgehead atoms. The molecule has 2 saturated heterocycles. The van der Waals surface area contributed by atoms with Crippen LogP contribution in [-0.2, 0) is 26.3 Å². The molecule has 2 aromatic rings. The SMILES string of the molecule is [C-]#[N+][C@]1(c2ccc(-c3ccc4c(c3)C[C@H]3[C@H](CNC(C)=O)OC(=O)N43)cn2)[C@@H]2CN(C=O)C[C@@H]21. The van der Waals surface area contributed by atoms with Gasteiger partial charge in [-0.3, -0.25) is 19.5 Å². The fourth-order valence-corrected chi connectivity index (χ4v) is 6.00. The Hall–Kier alpha value is -3.93. The molecule has 4 heterocycles. The van der Waals surface area contributed by atoms with Gasteiger partial charge in [0.05, 0.1) is 30.1 Å². The van der Waals surface area contributed by atoms with Crippen LogP contribution >= 0.6 is 0 Å². The van der Waals surface area contributed by atoms with Crippen LogP contribution in [0.25, 0.3) is 16.0 Å². The van der Waals surface area contributed by atoms with E-state index in [0.717, 1.165) is 34.5 Å². The molecule has 0 spiro atoms. The number of pyridine rings is 1. The summed E-state index contributed by atoms with van der Waals surface area (Å²) >= 11 is 0. The van der Waals surface area contributed by atoms with E-state index in [1.807, 2.05) is 24.3 Å². The number of carbonyl (C=O) groups is 3. The molecule has 3 amide bonds. The monoisotopic (exact) mass is 457 g/mol. The molecule has 5 atom stereocenters. The van der Waals surface area contributed by atoms with Crippen LogP contribution in [0.5, 0.6) is 0 Å². The number of ether oxygens (including phenoxy) is 1. The Kier molecular flexibility index (Phi) is 4.43. The predicted molar refractivity (Wildman–Crippen MR) is 121 cm³/mol. The third-order valence-electron chi connectivity index (χ3n) is 7.74. The predicted octanol–water partition coefficient (Wildman–Crippen LogP) is 1.97. The number of hydrogen-bond acceptors (Lipinski definition) is 5. The van der Waals surface area contributed by atoms with Crippen molar-refractivity contribution >= 4 is 24.1 Å². The van der Waals surface area contributed by atoms with E-state index < -0.39 is 5.54 Å². The van der Waals surface area contributed by atoms with E-state index in [1.165, 1.54) is 6.92 Å². The number of fused-ring (bicyclic) bond motifs is 4. The van der Waals surface area contributed by atoms with Crippen LogP contribution < -0.4 is 10.2 Å². The van der Waals surface area contributed by atoms with Gasteiger partial charge in [-0.15, -0.1) is 0 Å². The minimum atomic E-state index is -0.607. The Balaban J connectivity index is 1.22. The summed E-state index contributed by atoms with van der Waals surface area (Å²) in [7, 11) is 0. The number of cyclic esters (lactones) is 1. The lowest BCUT2D eigenvalue weighted by molar-refractivity contribution is -0.119. The van der Waals surface area contributed by atoms with Gasteiger partial charge in [-0.2, -0.15) is 0 Å². The van der Waals surface area contributed by atoms with Gasteiger partial charge in [-0.25, -0.2) is 11.4 Å². The van der Waals surface area contributed by atoms with Gasteiger partial charge < -0.3 is 19.8 Å². The van der Waals surface area contributed by atoms with Crippen molar-refractivity contribution in [1.82, 2.24) is 15.2 Å². The van der Waals surface area contributed by atoms with Gasteiger partial charge in [0.1, 0.15) is 11.8 Å². The first-order valence-electron chi connectivity index (χ1n) is 11.4. The van der Waals surface area contributed by atoms with Crippen LogP contribution in [0.2, 0.25) is 0 Å². The van der Waals surface area contributed by atoms with E-state index in [4.69, 9.17) is 11.3 Å². The highest BCUT2D eigenvalue weighted by Gasteiger charge is 2.77. The third-order valence-corrected chi connectivity index (χ3v) is 7.74. The van der Waals surface area contributed by atoms with Gasteiger partial charge in [-0.05, 0) is 35.7 Å². The molecule has 172 valence electrons. The number of likely N-dealkylation sites (tertiary alicyclic amines) is 1. The molecule has 1 aromatic heterocycles. The van der Waals surface area contributed by atoms with E-state index in [-0.39, 0.29) is 36.0 Å². The number of aromatic nitrogens is 1. The number of carbonyl (C=O) groups excluding carboxylic acids is 3. The topological polar surface area (TPSA) is 96.2 Å². The van der Waals surface area contributed by atoms with Crippen LogP contribution in [0, 0.1) is 18.4 Å². The molecule has 34 heavy (non-hydrogen) atoms. The second-order valence-corrected chi connectivity index (χ2v) is 9.49. The molecule has 9 heteroatoms. The maximum Gasteiger partial charge on any atom is 0.415 e. The number of nitrogens with zero attached hydrogens (tertiary/aromatic N) is 4. The van der Waals surface area contributed by atoms with E-state index in [9.17, 15) is 14.4 Å². The number of piperidine rings is 1. The summed E-state index contributed by atoms with van der Waals surface area (Å²) in [6.07, 6.45) is 2.55. The average Bonchev–Trinajstić information content (AvgIpc) is 3.20. The van der Waals surface area contributed by atoms with Crippen LogP contribution in [0.3, 0.4) is 0 Å². The zero-order valence-corrected chi connectivity index (χ0v) is 18.6. The van der Waals surface area contributed by atoms with Crippen LogP contribution in [0.15, 0.2) is 36.5 Å². The summed E-state index contributed by atoms with van der Waals surface area (Å²) in [5, 5.41) is 2.74. The second kappa shape index (κ2) is 7.29. The molecular weight excluding hydrogens is 434 g/mol. The Morgan fingerprint density at radius 2 is 2.06 bits per heavy atom. The first-order valence-corrected chi connectivity index (χ1v) is 11.4. The van der Waals surface area contributed by atoms with Crippen molar-refractivity contribution in [2.45, 2.75) is 31.0 Å². The van der Waals surface area contributed by atoms with Crippen molar-refractivity contribution in [1.29, 1.82) is 0 Å². The zero-order valence-electron chi connectivity index (χ0n) is 18.6. The molecule has 0 unspecified atom stereocenters. The summed E-state index contributed by atoms with van der Waals surface area (Å²) in [4.78, 5) is 46.8. The van der Waals surface area contributed by atoms with Crippen molar-refractivity contribution in [2.24, 2.45) is 11.8 Å². The van der Waals surface area contributed by atoms with E-state index >= 15 is 0 Å². The number of amides is 3. The molecule has 1 saturated carbocycles. The van der Waals surface area contributed by atoms with Crippen LogP contribution in [0.4, 0.5) is 10.5 Å². The van der Waals surface area contributed by atoms with Gasteiger partial charge in [0.15, 0.2) is 0 Å². The fraction of sp³-hybridized carbons (Fsp3) is 0.400. The highest BCUT2D eigenvalue weighted by Crippen LogP contribution is 2.64. The lowest BCUT2D eigenvalue weighted by Gasteiger charge is -2.16. The lowest BCUT2D eigenvalue weighted by atomic mass is 9.99. The molecule has 1 N–H and O–H groups in total. The lowest BCUT2D eigenvalue weighted by Crippen LogP contribution is -2.40. The number of benzene rings is 1. The molecule has 1 aromatic carbocycles. The van der Waals surface area contributed by atoms with Gasteiger partial charge in [0.25, 0.3) is 5.54 Å². The maximum absolute atomic E-state index is 12.5. The minimum absolute atomic E-state index is 0.135. The van der Waals surface area contributed by atoms with Crippen molar-refractivity contribution in [3.8, 4) is 11.1 Å². The first-order chi connectivity index (χ1) is 16.5. The smallest absolute Gasteiger partial charge is 0.415 e. The highest BCUT2D eigenvalue weighted by atomic mass is 16.6. The molecule has 3 aliphatic heterocycles.